The molecule has 1 aromatic carbocycles. The van der Waals surface area contributed by atoms with Crippen LogP contribution in [0, 0.1) is 0 Å². The normalized spacial score (nSPS) is 21.3. The summed E-state index contributed by atoms with van der Waals surface area (Å²) in [6.45, 7) is 0. The molecule has 0 radical (unpaired) electrons. The SMILES string of the molecule is Cn1ccc(SC2(C(N)=O)CCc3ccccc32)n1. The Morgan fingerprint density at radius 2 is 2.21 bits per heavy atom. The number of benzene rings is 1. The lowest BCUT2D eigenvalue weighted by molar-refractivity contribution is -0.120. The third-order valence-electron chi connectivity index (χ3n) is 3.56. The zero-order valence-electron chi connectivity index (χ0n) is 10.7. The molecular formula is C14H15N3OS. The average molecular weight is 273 g/mol. The molecule has 0 spiro atoms. The third-order valence-corrected chi connectivity index (χ3v) is 4.97. The second-order valence-electron chi connectivity index (χ2n) is 4.78. The van der Waals surface area contributed by atoms with E-state index in [0.717, 1.165) is 23.4 Å². The molecular weight excluding hydrogens is 258 g/mol. The van der Waals surface area contributed by atoms with Gasteiger partial charge in [-0.05, 0) is 30.0 Å². The Kier molecular flexibility index (Phi) is 2.86. The van der Waals surface area contributed by atoms with E-state index in [-0.39, 0.29) is 5.91 Å². The number of aryl methyl sites for hydroxylation is 2. The minimum Gasteiger partial charge on any atom is -0.368 e. The zero-order chi connectivity index (χ0) is 13.5. The lowest BCUT2D eigenvalue weighted by Gasteiger charge is -2.25. The number of nitrogens with zero attached hydrogens (tertiary/aromatic N) is 2. The van der Waals surface area contributed by atoms with Crippen LogP contribution < -0.4 is 5.73 Å². The number of hydrogen-bond donors (Lipinski definition) is 1. The molecule has 1 aliphatic rings. The first-order chi connectivity index (χ1) is 9.12. The number of fused-ring (bicyclic) bond motifs is 1. The van der Waals surface area contributed by atoms with Gasteiger partial charge in [-0.25, -0.2) is 0 Å². The van der Waals surface area contributed by atoms with Gasteiger partial charge in [0, 0.05) is 13.2 Å². The molecule has 98 valence electrons. The molecule has 1 unspecified atom stereocenters. The van der Waals surface area contributed by atoms with Crippen molar-refractivity contribution in [2.45, 2.75) is 22.6 Å². The topological polar surface area (TPSA) is 60.9 Å². The molecule has 3 rings (SSSR count). The number of thioether (sulfide) groups is 1. The van der Waals surface area contributed by atoms with Crippen molar-refractivity contribution in [1.29, 1.82) is 0 Å². The van der Waals surface area contributed by atoms with Gasteiger partial charge in [0.15, 0.2) is 0 Å². The Hall–Kier alpha value is -1.75. The smallest absolute Gasteiger partial charge is 0.238 e. The average Bonchev–Trinajstić information content (AvgIpc) is 2.96. The van der Waals surface area contributed by atoms with E-state index in [2.05, 4.69) is 11.2 Å². The van der Waals surface area contributed by atoms with Crippen molar-refractivity contribution in [3.63, 3.8) is 0 Å². The summed E-state index contributed by atoms with van der Waals surface area (Å²) in [6, 6.07) is 9.94. The van der Waals surface area contributed by atoms with Crippen LogP contribution >= 0.6 is 11.8 Å². The fourth-order valence-electron chi connectivity index (χ4n) is 2.62. The van der Waals surface area contributed by atoms with E-state index in [4.69, 9.17) is 5.73 Å². The van der Waals surface area contributed by atoms with Crippen molar-refractivity contribution in [2.75, 3.05) is 0 Å². The first kappa shape index (κ1) is 12.3. The van der Waals surface area contributed by atoms with Crippen molar-refractivity contribution in [3.8, 4) is 0 Å². The summed E-state index contributed by atoms with van der Waals surface area (Å²) in [5.74, 6) is -0.284. The van der Waals surface area contributed by atoms with Gasteiger partial charge in [-0.3, -0.25) is 9.48 Å². The Bertz CT molecular complexity index is 637. The minimum absolute atomic E-state index is 0.284. The molecule has 19 heavy (non-hydrogen) atoms. The summed E-state index contributed by atoms with van der Waals surface area (Å²) >= 11 is 1.46. The van der Waals surface area contributed by atoms with E-state index < -0.39 is 4.75 Å². The predicted octanol–water partition coefficient (Wildman–Crippen LogP) is 1.84. The van der Waals surface area contributed by atoms with Gasteiger partial charge in [0.25, 0.3) is 0 Å². The van der Waals surface area contributed by atoms with Gasteiger partial charge in [-0.15, -0.1) is 0 Å². The molecule has 1 aliphatic carbocycles. The van der Waals surface area contributed by atoms with Crippen molar-refractivity contribution >= 4 is 17.7 Å². The Balaban J connectivity index is 2.04. The maximum Gasteiger partial charge on any atom is 0.238 e. The molecule has 2 aromatic rings. The summed E-state index contributed by atoms with van der Waals surface area (Å²) in [5, 5.41) is 5.18. The summed E-state index contributed by atoms with van der Waals surface area (Å²) in [6.07, 6.45) is 3.50. The fourth-order valence-corrected chi connectivity index (χ4v) is 3.89. The zero-order valence-corrected chi connectivity index (χ0v) is 11.5. The Labute approximate surface area is 116 Å². The van der Waals surface area contributed by atoms with Gasteiger partial charge in [-0.1, -0.05) is 36.0 Å². The molecule has 4 nitrogen and oxygen atoms in total. The van der Waals surface area contributed by atoms with Crippen LogP contribution in [0.5, 0.6) is 0 Å². The summed E-state index contributed by atoms with van der Waals surface area (Å²) in [5.41, 5.74) is 7.96. The molecule has 0 fully saturated rings. The number of carbonyl (C=O) groups is 1. The van der Waals surface area contributed by atoms with Crippen molar-refractivity contribution < 1.29 is 4.79 Å². The highest BCUT2D eigenvalue weighted by Gasteiger charge is 2.45. The number of amides is 1. The van der Waals surface area contributed by atoms with E-state index in [1.807, 2.05) is 37.5 Å². The van der Waals surface area contributed by atoms with Gasteiger partial charge in [-0.2, -0.15) is 5.10 Å². The van der Waals surface area contributed by atoms with E-state index in [1.54, 1.807) is 4.68 Å². The molecule has 0 saturated heterocycles. The molecule has 1 amide bonds. The van der Waals surface area contributed by atoms with Gasteiger partial charge in [0.2, 0.25) is 5.91 Å². The second kappa shape index (κ2) is 4.42. The summed E-state index contributed by atoms with van der Waals surface area (Å²) < 4.78 is 1.06. The first-order valence-electron chi connectivity index (χ1n) is 6.19. The fraction of sp³-hybridized carbons (Fsp3) is 0.286. The molecule has 1 aromatic heterocycles. The second-order valence-corrected chi connectivity index (χ2v) is 6.10. The molecule has 1 atom stereocenters. The molecule has 0 bridgehead atoms. The number of primary amides is 1. The van der Waals surface area contributed by atoms with Crippen LogP contribution in [-0.4, -0.2) is 15.7 Å². The quantitative estimate of drug-likeness (QED) is 0.928. The highest BCUT2D eigenvalue weighted by atomic mass is 32.2. The third kappa shape index (κ3) is 1.94. The maximum absolute atomic E-state index is 12.1. The molecule has 0 aliphatic heterocycles. The van der Waals surface area contributed by atoms with E-state index in [0.29, 0.717) is 0 Å². The van der Waals surface area contributed by atoms with Crippen molar-refractivity contribution in [1.82, 2.24) is 9.78 Å². The number of rotatable bonds is 3. The highest BCUT2D eigenvalue weighted by molar-refractivity contribution is 8.01. The number of hydrogen-bond acceptors (Lipinski definition) is 3. The van der Waals surface area contributed by atoms with Gasteiger partial charge in [0.1, 0.15) is 9.77 Å². The van der Waals surface area contributed by atoms with Crippen LogP contribution in [0.25, 0.3) is 0 Å². The predicted molar refractivity (Wildman–Crippen MR) is 74.7 cm³/mol. The van der Waals surface area contributed by atoms with Gasteiger partial charge >= 0.3 is 0 Å². The molecule has 2 N–H and O–H groups in total. The van der Waals surface area contributed by atoms with E-state index in [9.17, 15) is 4.79 Å². The molecule has 5 heteroatoms. The lowest BCUT2D eigenvalue weighted by atomic mass is 10.00. The van der Waals surface area contributed by atoms with Gasteiger partial charge in [0.05, 0.1) is 0 Å². The van der Waals surface area contributed by atoms with E-state index >= 15 is 0 Å². The Morgan fingerprint density at radius 1 is 1.42 bits per heavy atom. The number of nitrogens with two attached hydrogens (primary N) is 1. The Morgan fingerprint density at radius 3 is 2.89 bits per heavy atom. The van der Waals surface area contributed by atoms with Crippen LogP contribution in [0.2, 0.25) is 0 Å². The number of carbonyl (C=O) groups excluding carboxylic acids is 1. The van der Waals surface area contributed by atoms with E-state index in [1.165, 1.54) is 17.3 Å². The van der Waals surface area contributed by atoms with Crippen LogP contribution in [0.1, 0.15) is 17.5 Å². The molecule has 1 heterocycles. The van der Waals surface area contributed by atoms with Crippen molar-refractivity contribution in [3.05, 3.63) is 47.7 Å². The van der Waals surface area contributed by atoms with Crippen LogP contribution in [0.4, 0.5) is 0 Å². The first-order valence-corrected chi connectivity index (χ1v) is 7.00. The van der Waals surface area contributed by atoms with Crippen LogP contribution in [0.15, 0.2) is 41.6 Å². The largest absolute Gasteiger partial charge is 0.368 e. The summed E-state index contributed by atoms with van der Waals surface area (Å²) in [7, 11) is 1.86. The monoisotopic (exact) mass is 273 g/mol. The van der Waals surface area contributed by atoms with Gasteiger partial charge < -0.3 is 5.73 Å². The van der Waals surface area contributed by atoms with Crippen LogP contribution in [0.3, 0.4) is 0 Å². The number of aromatic nitrogens is 2. The standard InChI is InChI=1S/C14H15N3OS/c1-17-9-7-12(16-17)19-14(13(15)18)8-6-10-4-2-3-5-11(10)14/h2-5,7,9H,6,8H2,1H3,(H2,15,18). The minimum atomic E-state index is -0.676. The maximum atomic E-state index is 12.1. The molecule has 0 saturated carbocycles. The van der Waals surface area contributed by atoms with Crippen molar-refractivity contribution in [2.24, 2.45) is 12.8 Å². The summed E-state index contributed by atoms with van der Waals surface area (Å²) in [4.78, 5) is 12.1. The van der Waals surface area contributed by atoms with Crippen LogP contribution in [-0.2, 0) is 23.0 Å². The highest BCUT2D eigenvalue weighted by Crippen LogP contribution is 2.49. The lowest BCUT2D eigenvalue weighted by Crippen LogP contribution is -2.36.